The maximum Gasteiger partial charge on any atom is 0.267 e. The van der Waals surface area contributed by atoms with Crippen LogP contribution in [0.3, 0.4) is 0 Å². The molecule has 0 saturated heterocycles. The van der Waals surface area contributed by atoms with Gasteiger partial charge in [0.05, 0.1) is 24.3 Å². The van der Waals surface area contributed by atoms with E-state index in [1.807, 2.05) is 0 Å². The third-order valence-corrected chi connectivity index (χ3v) is 2.53. The highest BCUT2D eigenvalue weighted by Crippen LogP contribution is 2.28. The first kappa shape index (κ1) is 11.2. The highest BCUT2D eigenvalue weighted by Gasteiger charge is 2.21. The summed E-state index contributed by atoms with van der Waals surface area (Å²) in [6, 6.07) is 1.70. The minimum atomic E-state index is -2.92. The molecule has 0 N–H and O–H groups in total. The zero-order valence-electron chi connectivity index (χ0n) is 6.77. The van der Waals surface area contributed by atoms with Gasteiger partial charge in [-0.1, -0.05) is 0 Å². The quantitative estimate of drug-likeness (QED) is 0.622. The standard InChI is InChI=1S/C8H4F3IN2/c9-5-3-14-8(12)4(1-2-13)6(5)7(10)11/h3,7H,1H2. The van der Waals surface area contributed by atoms with Crippen molar-refractivity contribution in [1.29, 1.82) is 5.26 Å². The molecule has 0 unspecified atom stereocenters. The Hall–Kier alpha value is -0.840. The molecule has 0 spiro atoms. The summed E-state index contributed by atoms with van der Waals surface area (Å²) in [5.74, 6) is -1.06. The first-order chi connectivity index (χ1) is 6.57. The summed E-state index contributed by atoms with van der Waals surface area (Å²) < 4.78 is 38.0. The monoisotopic (exact) mass is 312 g/mol. The van der Waals surface area contributed by atoms with Crippen molar-refractivity contribution in [2.24, 2.45) is 0 Å². The number of hydrogen-bond acceptors (Lipinski definition) is 2. The third kappa shape index (κ3) is 2.15. The Labute approximate surface area is 91.9 Å². The molecule has 0 aliphatic carbocycles. The van der Waals surface area contributed by atoms with Gasteiger partial charge in [-0.3, -0.25) is 0 Å². The van der Waals surface area contributed by atoms with Gasteiger partial charge in [0.2, 0.25) is 0 Å². The van der Waals surface area contributed by atoms with E-state index in [0.717, 1.165) is 6.20 Å². The first-order valence-electron chi connectivity index (χ1n) is 3.55. The highest BCUT2D eigenvalue weighted by molar-refractivity contribution is 14.1. The number of nitriles is 1. The second-order valence-electron chi connectivity index (χ2n) is 2.42. The summed E-state index contributed by atoms with van der Waals surface area (Å²) in [6.45, 7) is 0. The summed E-state index contributed by atoms with van der Waals surface area (Å²) in [6.07, 6.45) is -2.44. The molecule has 0 saturated carbocycles. The predicted octanol–water partition coefficient (Wildman–Crippen LogP) is 2.83. The fourth-order valence-electron chi connectivity index (χ4n) is 0.999. The van der Waals surface area contributed by atoms with Crippen LogP contribution in [0.15, 0.2) is 6.20 Å². The third-order valence-electron chi connectivity index (χ3n) is 1.60. The molecular weight excluding hydrogens is 308 g/mol. The Morgan fingerprint density at radius 2 is 2.21 bits per heavy atom. The molecule has 0 radical (unpaired) electrons. The number of hydrogen-bond donors (Lipinski definition) is 0. The van der Waals surface area contributed by atoms with Crippen LogP contribution in [0, 0.1) is 20.8 Å². The van der Waals surface area contributed by atoms with Crippen molar-refractivity contribution in [3.8, 4) is 6.07 Å². The summed E-state index contributed by atoms with van der Waals surface area (Å²) in [5, 5.41) is 8.39. The number of alkyl halides is 2. The van der Waals surface area contributed by atoms with E-state index in [0.29, 0.717) is 0 Å². The summed E-state index contributed by atoms with van der Waals surface area (Å²) in [7, 11) is 0. The van der Waals surface area contributed by atoms with Gasteiger partial charge in [0.1, 0.15) is 3.70 Å². The predicted molar refractivity (Wildman–Crippen MR) is 51.2 cm³/mol. The first-order valence-corrected chi connectivity index (χ1v) is 4.63. The van der Waals surface area contributed by atoms with Gasteiger partial charge in [-0.2, -0.15) is 5.26 Å². The molecule has 0 aliphatic heterocycles. The number of pyridine rings is 1. The van der Waals surface area contributed by atoms with E-state index < -0.39 is 17.8 Å². The lowest BCUT2D eigenvalue weighted by atomic mass is 10.1. The van der Waals surface area contributed by atoms with Crippen molar-refractivity contribution in [3.05, 3.63) is 26.8 Å². The summed E-state index contributed by atoms with van der Waals surface area (Å²) >= 11 is 1.70. The normalized spacial score (nSPS) is 10.3. The maximum absolute atomic E-state index is 12.9. The Balaban J connectivity index is 3.35. The van der Waals surface area contributed by atoms with Crippen LogP contribution in [0.4, 0.5) is 13.2 Å². The summed E-state index contributed by atoms with van der Waals surface area (Å²) in [5.41, 5.74) is -0.742. The van der Waals surface area contributed by atoms with Crippen LogP contribution in [-0.2, 0) is 6.42 Å². The molecule has 0 atom stereocenters. The molecule has 0 aliphatic rings. The zero-order chi connectivity index (χ0) is 10.7. The average Bonchev–Trinajstić information content (AvgIpc) is 2.11. The Morgan fingerprint density at radius 3 is 2.71 bits per heavy atom. The fourth-order valence-corrected chi connectivity index (χ4v) is 1.62. The van der Waals surface area contributed by atoms with Crippen molar-refractivity contribution in [2.45, 2.75) is 12.8 Å². The van der Waals surface area contributed by atoms with Crippen LogP contribution in [0.5, 0.6) is 0 Å². The van der Waals surface area contributed by atoms with E-state index in [-0.39, 0.29) is 15.7 Å². The van der Waals surface area contributed by atoms with E-state index in [4.69, 9.17) is 5.26 Å². The van der Waals surface area contributed by atoms with E-state index in [1.165, 1.54) is 0 Å². The molecule has 1 aromatic rings. The number of aromatic nitrogens is 1. The topological polar surface area (TPSA) is 36.7 Å². The van der Waals surface area contributed by atoms with Crippen molar-refractivity contribution >= 4 is 22.6 Å². The second-order valence-corrected chi connectivity index (χ2v) is 3.45. The molecule has 1 aromatic heterocycles. The molecular formula is C8H4F3IN2. The van der Waals surface area contributed by atoms with Crippen molar-refractivity contribution in [2.75, 3.05) is 0 Å². The lowest BCUT2D eigenvalue weighted by Gasteiger charge is -2.08. The van der Waals surface area contributed by atoms with Gasteiger partial charge >= 0.3 is 0 Å². The van der Waals surface area contributed by atoms with Crippen LogP contribution in [-0.4, -0.2) is 4.98 Å². The molecule has 74 valence electrons. The lowest BCUT2D eigenvalue weighted by molar-refractivity contribution is 0.145. The number of halogens is 4. The van der Waals surface area contributed by atoms with Crippen LogP contribution < -0.4 is 0 Å². The van der Waals surface area contributed by atoms with Gasteiger partial charge in [0.15, 0.2) is 5.82 Å². The zero-order valence-corrected chi connectivity index (χ0v) is 8.93. The molecule has 1 rings (SSSR count). The van der Waals surface area contributed by atoms with Crippen LogP contribution in [0.25, 0.3) is 0 Å². The Morgan fingerprint density at radius 1 is 1.57 bits per heavy atom. The van der Waals surface area contributed by atoms with Crippen LogP contribution in [0.1, 0.15) is 17.6 Å². The molecule has 1 heterocycles. The van der Waals surface area contributed by atoms with Crippen LogP contribution in [0.2, 0.25) is 0 Å². The Bertz CT molecular complexity index is 387. The Kier molecular flexibility index (Phi) is 3.69. The number of rotatable bonds is 2. The number of nitrogens with zero attached hydrogens (tertiary/aromatic N) is 2. The van der Waals surface area contributed by atoms with E-state index >= 15 is 0 Å². The van der Waals surface area contributed by atoms with Crippen LogP contribution >= 0.6 is 22.6 Å². The minimum absolute atomic E-state index is 0.0249. The molecule has 0 bridgehead atoms. The van der Waals surface area contributed by atoms with E-state index in [9.17, 15) is 13.2 Å². The summed E-state index contributed by atoms with van der Waals surface area (Å²) in [4.78, 5) is 3.57. The molecule has 6 heteroatoms. The molecule has 0 amide bonds. The van der Waals surface area contributed by atoms with Gasteiger partial charge in [-0.15, -0.1) is 0 Å². The highest BCUT2D eigenvalue weighted by atomic mass is 127. The lowest BCUT2D eigenvalue weighted by Crippen LogP contribution is -2.03. The molecule has 0 fully saturated rings. The van der Waals surface area contributed by atoms with E-state index in [1.54, 1.807) is 28.7 Å². The largest absolute Gasteiger partial charge is 0.267 e. The SMILES string of the molecule is N#CCc1c(I)ncc(F)c1C(F)F. The van der Waals surface area contributed by atoms with Crippen molar-refractivity contribution in [3.63, 3.8) is 0 Å². The smallest absolute Gasteiger partial charge is 0.247 e. The van der Waals surface area contributed by atoms with Crippen molar-refractivity contribution in [1.82, 2.24) is 4.98 Å². The van der Waals surface area contributed by atoms with Gasteiger partial charge in [0.25, 0.3) is 6.43 Å². The van der Waals surface area contributed by atoms with Gasteiger partial charge in [-0.05, 0) is 22.6 Å². The van der Waals surface area contributed by atoms with Gasteiger partial charge < -0.3 is 0 Å². The average molecular weight is 312 g/mol. The van der Waals surface area contributed by atoms with Gasteiger partial charge in [-0.25, -0.2) is 18.2 Å². The van der Waals surface area contributed by atoms with E-state index in [2.05, 4.69) is 4.98 Å². The van der Waals surface area contributed by atoms with Crippen molar-refractivity contribution < 1.29 is 13.2 Å². The fraction of sp³-hybridized carbons (Fsp3) is 0.250. The second kappa shape index (κ2) is 4.59. The maximum atomic E-state index is 12.9. The molecule has 14 heavy (non-hydrogen) atoms. The van der Waals surface area contributed by atoms with Gasteiger partial charge in [0, 0.05) is 5.56 Å². The molecule has 2 nitrogen and oxygen atoms in total. The molecule has 0 aromatic carbocycles. The minimum Gasteiger partial charge on any atom is -0.247 e.